The predicted octanol–water partition coefficient (Wildman–Crippen LogP) is 6.10. The predicted molar refractivity (Wildman–Crippen MR) is 112 cm³/mol. The number of aliphatic imine (C=N–C) groups is 1. The number of methoxy groups -OCH3 is 1. The van der Waals surface area contributed by atoms with E-state index in [9.17, 15) is 5.11 Å². The van der Waals surface area contributed by atoms with Crippen LogP contribution in [-0.2, 0) is 0 Å². The summed E-state index contributed by atoms with van der Waals surface area (Å²) in [6, 6.07) is 26.4. The number of nitrogens with zero attached hydrogens (tertiary/aromatic N) is 1. The molecule has 28 heavy (non-hydrogen) atoms. The van der Waals surface area contributed by atoms with Gasteiger partial charge in [0.25, 0.3) is 0 Å². The third-order valence-corrected chi connectivity index (χ3v) is 4.40. The van der Waals surface area contributed by atoms with E-state index >= 15 is 0 Å². The van der Waals surface area contributed by atoms with Crippen molar-refractivity contribution in [3.63, 3.8) is 0 Å². The van der Waals surface area contributed by atoms with Crippen LogP contribution in [0.4, 0.5) is 5.69 Å². The first-order valence-electron chi connectivity index (χ1n) is 8.90. The van der Waals surface area contributed by atoms with Crippen LogP contribution in [0.3, 0.4) is 0 Å². The number of hydrogen-bond acceptors (Lipinski definition) is 4. The smallest absolute Gasteiger partial charge is 0.132 e. The Balaban J connectivity index is 1.50. The Bertz CT molecular complexity index is 1130. The van der Waals surface area contributed by atoms with Crippen LogP contribution < -0.4 is 9.47 Å². The highest BCUT2D eigenvalue weighted by molar-refractivity contribution is 5.97. The zero-order valence-electron chi connectivity index (χ0n) is 15.4. The summed E-state index contributed by atoms with van der Waals surface area (Å²) >= 11 is 0. The molecule has 0 aliphatic heterocycles. The van der Waals surface area contributed by atoms with Gasteiger partial charge in [0.2, 0.25) is 0 Å². The lowest BCUT2D eigenvalue weighted by molar-refractivity contribution is 0.409. The summed E-state index contributed by atoms with van der Waals surface area (Å²) in [4.78, 5) is 4.46. The number of fused-ring (bicyclic) bond motifs is 1. The number of hydrogen-bond donors (Lipinski definition) is 1. The Morgan fingerprint density at radius 3 is 2.39 bits per heavy atom. The van der Waals surface area contributed by atoms with Crippen molar-refractivity contribution in [2.45, 2.75) is 0 Å². The van der Waals surface area contributed by atoms with E-state index < -0.39 is 0 Å². The third-order valence-electron chi connectivity index (χ3n) is 4.40. The van der Waals surface area contributed by atoms with Crippen molar-refractivity contribution in [3.8, 4) is 23.0 Å². The Labute approximate surface area is 163 Å². The van der Waals surface area contributed by atoms with Crippen LogP contribution in [0.25, 0.3) is 10.8 Å². The first kappa shape index (κ1) is 17.6. The minimum atomic E-state index is 0.236. The zero-order chi connectivity index (χ0) is 19.3. The molecule has 0 aromatic heterocycles. The summed E-state index contributed by atoms with van der Waals surface area (Å²) in [6.45, 7) is 0. The van der Waals surface area contributed by atoms with Gasteiger partial charge in [0.05, 0.1) is 12.8 Å². The molecule has 0 amide bonds. The van der Waals surface area contributed by atoms with E-state index in [4.69, 9.17) is 9.47 Å². The Morgan fingerprint density at radius 2 is 1.57 bits per heavy atom. The summed E-state index contributed by atoms with van der Waals surface area (Å²) in [5.74, 6) is 2.39. The fraction of sp³-hybridized carbons (Fsp3) is 0.0417. The molecule has 0 fully saturated rings. The van der Waals surface area contributed by atoms with Gasteiger partial charge in [-0.2, -0.15) is 0 Å². The number of rotatable bonds is 5. The normalized spacial score (nSPS) is 11.0. The molecule has 0 radical (unpaired) electrons. The molecule has 0 aliphatic rings. The SMILES string of the molecule is COc1cccc(Oc2ccc(N=Cc3ccc4ccccc4c3O)cc2)c1. The summed E-state index contributed by atoms with van der Waals surface area (Å²) in [5, 5.41) is 12.3. The lowest BCUT2D eigenvalue weighted by Crippen LogP contribution is -1.86. The number of aromatic hydroxyl groups is 1. The molecule has 0 saturated carbocycles. The van der Waals surface area contributed by atoms with Gasteiger partial charge >= 0.3 is 0 Å². The largest absolute Gasteiger partial charge is 0.507 e. The van der Waals surface area contributed by atoms with Crippen molar-refractivity contribution >= 4 is 22.7 Å². The highest BCUT2D eigenvalue weighted by Crippen LogP contribution is 2.29. The molecule has 0 aliphatic carbocycles. The molecular formula is C24H19NO3. The van der Waals surface area contributed by atoms with Crippen molar-refractivity contribution in [1.29, 1.82) is 0 Å². The number of benzene rings is 4. The van der Waals surface area contributed by atoms with E-state index in [1.807, 2.05) is 84.9 Å². The molecule has 4 aromatic carbocycles. The Morgan fingerprint density at radius 1 is 0.786 bits per heavy atom. The van der Waals surface area contributed by atoms with Gasteiger partial charge in [0.1, 0.15) is 23.0 Å². The number of phenols is 1. The fourth-order valence-corrected chi connectivity index (χ4v) is 2.92. The van der Waals surface area contributed by atoms with Gasteiger partial charge in [-0.1, -0.05) is 36.4 Å². The second kappa shape index (κ2) is 7.84. The Kier molecular flexibility index (Phi) is 4.93. The van der Waals surface area contributed by atoms with Crippen LogP contribution in [0.1, 0.15) is 5.56 Å². The molecule has 0 heterocycles. The van der Waals surface area contributed by atoms with E-state index in [0.29, 0.717) is 17.1 Å². The minimum Gasteiger partial charge on any atom is -0.507 e. The maximum Gasteiger partial charge on any atom is 0.132 e. The number of phenolic OH excluding ortho intramolecular Hbond substituents is 1. The molecule has 0 saturated heterocycles. The van der Waals surface area contributed by atoms with Crippen LogP contribution >= 0.6 is 0 Å². The quantitative estimate of drug-likeness (QED) is 0.433. The van der Waals surface area contributed by atoms with E-state index in [0.717, 1.165) is 22.2 Å². The second-order valence-corrected chi connectivity index (χ2v) is 6.26. The van der Waals surface area contributed by atoms with Crippen molar-refractivity contribution in [3.05, 3.63) is 90.5 Å². The van der Waals surface area contributed by atoms with Crippen LogP contribution in [0, 0.1) is 0 Å². The zero-order valence-corrected chi connectivity index (χ0v) is 15.4. The number of ether oxygens (including phenoxy) is 2. The van der Waals surface area contributed by atoms with Gasteiger partial charge in [-0.05, 0) is 47.9 Å². The third kappa shape index (κ3) is 3.81. The summed E-state index contributed by atoms with van der Waals surface area (Å²) in [7, 11) is 1.62. The van der Waals surface area contributed by atoms with E-state index in [2.05, 4.69) is 4.99 Å². The molecule has 4 aromatic rings. The molecule has 4 heteroatoms. The molecule has 4 nitrogen and oxygen atoms in total. The molecule has 0 unspecified atom stereocenters. The molecule has 138 valence electrons. The van der Waals surface area contributed by atoms with E-state index in [1.165, 1.54) is 0 Å². The van der Waals surface area contributed by atoms with Crippen LogP contribution in [0.5, 0.6) is 23.0 Å². The lowest BCUT2D eigenvalue weighted by atomic mass is 10.1. The lowest BCUT2D eigenvalue weighted by Gasteiger charge is -2.07. The molecule has 0 atom stereocenters. The highest BCUT2D eigenvalue weighted by Gasteiger charge is 2.04. The molecular weight excluding hydrogens is 350 g/mol. The molecule has 0 spiro atoms. The van der Waals surface area contributed by atoms with E-state index in [1.54, 1.807) is 13.3 Å². The van der Waals surface area contributed by atoms with Gasteiger partial charge in [0, 0.05) is 23.2 Å². The standard InChI is InChI=1S/C24H19NO3/c1-27-21-6-4-7-22(15-21)28-20-13-11-19(12-14-20)25-16-18-10-9-17-5-2-3-8-23(17)24(18)26/h2-16,26H,1H3. The highest BCUT2D eigenvalue weighted by atomic mass is 16.5. The second-order valence-electron chi connectivity index (χ2n) is 6.26. The van der Waals surface area contributed by atoms with Gasteiger partial charge in [0.15, 0.2) is 0 Å². The van der Waals surface area contributed by atoms with Crippen molar-refractivity contribution in [1.82, 2.24) is 0 Å². The fourth-order valence-electron chi connectivity index (χ4n) is 2.92. The molecule has 1 N–H and O–H groups in total. The first-order valence-corrected chi connectivity index (χ1v) is 8.90. The van der Waals surface area contributed by atoms with Crippen LogP contribution in [-0.4, -0.2) is 18.4 Å². The first-order chi connectivity index (χ1) is 13.7. The van der Waals surface area contributed by atoms with Crippen molar-refractivity contribution in [2.24, 2.45) is 4.99 Å². The summed E-state index contributed by atoms with van der Waals surface area (Å²) < 4.78 is 11.0. The monoisotopic (exact) mass is 369 g/mol. The minimum absolute atomic E-state index is 0.236. The van der Waals surface area contributed by atoms with Crippen LogP contribution in [0.15, 0.2) is 89.9 Å². The van der Waals surface area contributed by atoms with Crippen LogP contribution in [0.2, 0.25) is 0 Å². The average molecular weight is 369 g/mol. The topological polar surface area (TPSA) is 51.0 Å². The molecule has 4 rings (SSSR count). The Hall–Kier alpha value is -3.79. The van der Waals surface area contributed by atoms with Gasteiger partial charge in [-0.25, -0.2) is 0 Å². The summed E-state index contributed by atoms with van der Waals surface area (Å²) in [5.41, 5.74) is 1.45. The summed E-state index contributed by atoms with van der Waals surface area (Å²) in [6.07, 6.45) is 1.67. The van der Waals surface area contributed by atoms with Crippen molar-refractivity contribution < 1.29 is 14.6 Å². The van der Waals surface area contributed by atoms with Gasteiger partial charge in [-0.15, -0.1) is 0 Å². The van der Waals surface area contributed by atoms with Gasteiger partial charge < -0.3 is 14.6 Å². The van der Waals surface area contributed by atoms with Gasteiger partial charge in [-0.3, -0.25) is 4.99 Å². The maximum absolute atomic E-state index is 10.5. The van der Waals surface area contributed by atoms with Crippen molar-refractivity contribution in [2.75, 3.05) is 7.11 Å². The average Bonchev–Trinajstić information content (AvgIpc) is 2.75. The molecule has 0 bridgehead atoms. The van der Waals surface area contributed by atoms with E-state index in [-0.39, 0.29) is 5.75 Å². The maximum atomic E-state index is 10.5.